The second-order valence-electron chi connectivity index (χ2n) is 7.81. The second-order valence-corrected chi connectivity index (χ2v) is 7.81. The van der Waals surface area contributed by atoms with Gasteiger partial charge in [0.15, 0.2) is 0 Å². The summed E-state index contributed by atoms with van der Waals surface area (Å²) in [7, 11) is 0. The first-order chi connectivity index (χ1) is 11.8. The van der Waals surface area contributed by atoms with Crippen molar-refractivity contribution >= 4 is 11.6 Å². The van der Waals surface area contributed by atoms with Gasteiger partial charge in [0.2, 0.25) is 0 Å². The minimum absolute atomic E-state index is 0.614. The first-order valence-corrected chi connectivity index (χ1v) is 9.39. The highest BCUT2D eigenvalue weighted by atomic mass is 14.4. The summed E-state index contributed by atoms with van der Waals surface area (Å²) in [5.41, 5.74) is 9.54. The summed E-state index contributed by atoms with van der Waals surface area (Å²) in [6.07, 6.45) is 9.93. The molecule has 0 saturated carbocycles. The topological polar surface area (TPSA) is 0 Å². The van der Waals surface area contributed by atoms with Crippen LogP contribution in [0.3, 0.4) is 0 Å². The number of benzene rings is 2. The van der Waals surface area contributed by atoms with Crippen LogP contribution in [0.15, 0.2) is 60.2 Å². The molecule has 3 atom stereocenters. The normalized spacial score (nSPS) is 24.4. The van der Waals surface area contributed by atoms with Crippen LogP contribution >= 0.6 is 0 Å². The molecule has 0 nitrogen and oxygen atoms in total. The predicted octanol–water partition coefficient (Wildman–Crippen LogP) is 6.56. The van der Waals surface area contributed by atoms with Gasteiger partial charge in [-0.25, -0.2) is 0 Å². The molecule has 0 saturated heterocycles. The van der Waals surface area contributed by atoms with E-state index >= 15 is 0 Å². The lowest BCUT2D eigenvalue weighted by Gasteiger charge is -2.26. The molecule has 0 aliphatic heterocycles. The van der Waals surface area contributed by atoms with Crippen molar-refractivity contribution in [2.24, 2.45) is 5.92 Å². The third-order valence-electron chi connectivity index (χ3n) is 6.31. The van der Waals surface area contributed by atoms with E-state index in [0.717, 1.165) is 5.92 Å². The molecule has 120 valence electrons. The van der Waals surface area contributed by atoms with E-state index in [4.69, 9.17) is 0 Å². The molecule has 3 unspecified atom stereocenters. The van der Waals surface area contributed by atoms with Crippen LogP contribution in [-0.4, -0.2) is 0 Å². The van der Waals surface area contributed by atoms with Crippen molar-refractivity contribution < 1.29 is 0 Å². The molecule has 0 spiro atoms. The van der Waals surface area contributed by atoms with E-state index in [1.54, 1.807) is 22.3 Å². The fourth-order valence-corrected chi connectivity index (χ4v) is 5.08. The van der Waals surface area contributed by atoms with Crippen LogP contribution in [-0.2, 0) is 0 Å². The second kappa shape index (κ2) is 5.48. The predicted molar refractivity (Wildman–Crippen MR) is 102 cm³/mol. The van der Waals surface area contributed by atoms with Crippen molar-refractivity contribution in [1.82, 2.24) is 0 Å². The van der Waals surface area contributed by atoms with Crippen molar-refractivity contribution in [3.63, 3.8) is 0 Å². The Morgan fingerprint density at radius 3 is 2.54 bits per heavy atom. The van der Waals surface area contributed by atoms with Crippen LogP contribution in [0.5, 0.6) is 0 Å². The third-order valence-corrected chi connectivity index (χ3v) is 6.31. The van der Waals surface area contributed by atoms with Crippen molar-refractivity contribution in [1.29, 1.82) is 0 Å². The van der Waals surface area contributed by atoms with Crippen molar-refractivity contribution in [2.75, 3.05) is 0 Å². The third kappa shape index (κ3) is 2.13. The summed E-state index contributed by atoms with van der Waals surface area (Å²) in [6, 6.07) is 18.0. The molecular weight excluding hydrogens is 288 g/mol. The molecule has 0 N–H and O–H groups in total. The maximum absolute atomic E-state index is 2.45. The molecule has 3 aliphatic carbocycles. The van der Waals surface area contributed by atoms with E-state index < -0.39 is 0 Å². The molecule has 0 radical (unpaired) electrons. The lowest BCUT2D eigenvalue weighted by Crippen LogP contribution is -2.10. The van der Waals surface area contributed by atoms with Crippen LogP contribution < -0.4 is 0 Å². The number of fused-ring (bicyclic) bond motifs is 3. The van der Waals surface area contributed by atoms with Gasteiger partial charge in [-0.1, -0.05) is 73.2 Å². The maximum atomic E-state index is 2.45. The zero-order valence-electron chi connectivity index (χ0n) is 14.3. The zero-order chi connectivity index (χ0) is 16.1. The van der Waals surface area contributed by atoms with E-state index in [0.29, 0.717) is 11.8 Å². The molecule has 2 aromatic carbocycles. The largest absolute Gasteiger partial charge is 0.0764 e. The highest BCUT2D eigenvalue weighted by Gasteiger charge is 2.36. The molecule has 0 heteroatoms. The molecule has 24 heavy (non-hydrogen) atoms. The average Bonchev–Trinajstić information content (AvgIpc) is 3.05. The van der Waals surface area contributed by atoms with E-state index in [9.17, 15) is 0 Å². The number of rotatable bonds is 4. The molecule has 0 bridgehead atoms. The lowest BCUT2D eigenvalue weighted by atomic mass is 9.78. The molecule has 0 fully saturated rings. The molecule has 0 heterocycles. The first-order valence-electron chi connectivity index (χ1n) is 9.39. The van der Waals surface area contributed by atoms with Gasteiger partial charge in [0.1, 0.15) is 0 Å². The maximum Gasteiger partial charge on any atom is 0.00629 e. The van der Waals surface area contributed by atoms with Gasteiger partial charge in [0.25, 0.3) is 0 Å². The summed E-state index contributed by atoms with van der Waals surface area (Å²) in [4.78, 5) is 0. The van der Waals surface area contributed by atoms with E-state index in [1.807, 2.05) is 0 Å². The van der Waals surface area contributed by atoms with E-state index in [1.165, 1.54) is 36.8 Å². The van der Waals surface area contributed by atoms with Crippen LogP contribution in [0.1, 0.15) is 66.7 Å². The fourth-order valence-electron chi connectivity index (χ4n) is 5.08. The van der Waals surface area contributed by atoms with E-state index in [-0.39, 0.29) is 0 Å². The highest BCUT2D eigenvalue weighted by Crippen LogP contribution is 2.54. The van der Waals surface area contributed by atoms with Crippen LogP contribution in [0, 0.1) is 5.92 Å². The monoisotopic (exact) mass is 312 g/mol. The Bertz CT molecular complexity index is 852. The van der Waals surface area contributed by atoms with E-state index in [2.05, 4.69) is 67.6 Å². The first kappa shape index (κ1) is 14.3. The molecule has 3 aliphatic rings. The quantitative estimate of drug-likeness (QED) is 0.600. The minimum atomic E-state index is 0.614. The van der Waals surface area contributed by atoms with Gasteiger partial charge < -0.3 is 0 Å². The summed E-state index contributed by atoms with van der Waals surface area (Å²) in [5, 5.41) is 0. The standard InChI is InChI=1S/C24H24/c1-16(14-18-11-10-17-6-2-3-7-19(17)18)15-24-21-9-5-4-8-20(21)22-12-13-23(22)24/h2-11,16,18,24H,12-15H2,1H3. The Morgan fingerprint density at radius 2 is 1.71 bits per heavy atom. The van der Waals surface area contributed by atoms with Crippen LogP contribution in [0.25, 0.3) is 11.6 Å². The zero-order valence-corrected chi connectivity index (χ0v) is 14.3. The fraction of sp³-hybridized carbons (Fsp3) is 0.333. The van der Waals surface area contributed by atoms with Gasteiger partial charge in [-0.2, -0.15) is 0 Å². The number of hydrogen-bond acceptors (Lipinski definition) is 0. The summed E-state index contributed by atoms with van der Waals surface area (Å²) >= 11 is 0. The molecule has 0 amide bonds. The Morgan fingerprint density at radius 1 is 0.917 bits per heavy atom. The minimum Gasteiger partial charge on any atom is -0.0764 e. The Hall–Kier alpha value is -2.08. The van der Waals surface area contributed by atoms with Gasteiger partial charge in [0.05, 0.1) is 0 Å². The Kier molecular flexibility index (Phi) is 3.26. The molecular formula is C24H24. The summed E-state index contributed by atoms with van der Waals surface area (Å²) in [5.74, 6) is 2.06. The molecule has 5 rings (SSSR count). The van der Waals surface area contributed by atoms with Crippen LogP contribution in [0.2, 0.25) is 0 Å². The Labute approximate surface area is 144 Å². The van der Waals surface area contributed by atoms with Gasteiger partial charge >= 0.3 is 0 Å². The van der Waals surface area contributed by atoms with Crippen molar-refractivity contribution in [3.05, 3.63) is 82.4 Å². The van der Waals surface area contributed by atoms with Gasteiger partial charge in [-0.15, -0.1) is 0 Å². The number of hydrogen-bond donors (Lipinski definition) is 0. The highest BCUT2D eigenvalue weighted by molar-refractivity contribution is 5.82. The summed E-state index contributed by atoms with van der Waals surface area (Å²) < 4.78 is 0. The van der Waals surface area contributed by atoms with Gasteiger partial charge in [-0.05, 0) is 59.4 Å². The van der Waals surface area contributed by atoms with Gasteiger partial charge in [-0.3, -0.25) is 0 Å². The molecule has 0 aromatic heterocycles. The van der Waals surface area contributed by atoms with Crippen molar-refractivity contribution in [3.8, 4) is 0 Å². The average molecular weight is 312 g/mol. The van der Waals surface area contributed by atoms with Crippen LogP contribution in [0.4, 0.5) is 0 Å². The van der Waals surface area contributed by atoms with Crippen molar-refractivity contribution in [2.45, 2.75) is 44.4 Å². The smallest absolute Gasteiger partial charge is 0.00629 e. The summed E-state index contributed by atoms with van der Waals surface area (Å²) in [6.45, 7) is 2.45. The van der Waals surface area contributed by atoms with Gasteiger partial charge in [0, 0.05) is 11.8 Å². The Balaban J connectivity index is 1.34. The lowest BCUT2D eigenvalue weighted by molar-refractivity contribution is 0.442. The number of allylic oxidation sites excluding steroid dienone is 3. The molecule has 2 aromatic rings. The SMILES string of the molecule is CC(CC1C=Cc2ccccc21)CC1C2=C(CC2)c2ccccc21.